The van der Waals surface area contributed by atoms with Crippen molar-refractivity contribution in [3.8, 4) is 5.75 Å². The first kappa shape index (κ1) is 14.0. The minimum Gasteiger partial charge on any atom is -0.497 e. The summed E-state index contributed by atoms with van der Waals surface area (Å²) in [6.45, 7) is -0.551. The lowest BCUT2D eigenvalue weighted by Gasteiger charge is -2.05. The Morgan fingerprint density at radius 3 is 2.83 bits per heavy atom. The maximum atomic E-state index is 11.3. The molecule has 0 bridgehead atoms. The van der Waals surface area contributed by atoms with E-state index >= 15 is 0 Å². The lowest BCUT2D eigenvalue weighted by molar-refractivity contribution is -0.149. The largest absolute Gasteiger partial charge is 0.497 e. The van der Waals surface area contributed by atoms with Gasteiger partial charge >= 0.3 is 5.97 Å². The molecule has 2 N–H and O–H groups in total. The molecule has 0 atom stereocenters. The Balaban J connectivity index is 2.31. The average molecular weight is 253 g/mol. The minimum atomic E-state index is -1.14. The normalized spacial score (nSPS) is 9.83. The first-order valence-electron chi connectivity index (χ1n) is 5.37. The van der Waals surface area contributed by atoms with E-state index in [1.54, 1.807) is 7.11 Å². The van der Waals surface area contributed by atoms with Crippen LogP contribution in [0.15, 0.2) is 24.3 Å². The standard InChI is InChI=1S/C12H15NO5/c1-17-10-4-2-3-9(7-10)5-6-11(14)13-18-8-12(15)16/h2-4,7H,5-6,8H2,1H3,(H,13,14)(H,15,16). The van der Waals surface area contributed by atoms with E-state index in [1.807, 2.05) is 24.3 Å². The molecule has 1 amide bonds. The van der Waals surface area contributed by atoms with Gasteiger partial charge in [-0.05, 0) is 24.1 Å². The number of ether oxygens (including phenoxy) is 1. The van der Waals surface area contributed by atoms with Gasteiger partial charge in [0.25, 0.3) is 0 Å². The summed E-state index contributed by atoms with van der Waals surface area (Å²) in [5, 5.41) is 8.30. The lowest BCUT2D eigenvalue weighted by atomic mass is 10.1. The second kappa shape index (κ2) is 7.29. The molecule has 6 nitrogen and oxygen atoms in total. The highest BCUT2D eigenvalue weighted by atomic mass is 16.7. The third-order valence-corrected chi connectivity index (χ3v) is 2.16. The predicted octanol–water partition coefficient (Wildman–Crippen LogP) is 0.760. The van der Waals surface area contributed by atoms with Crippen LogP contribution >= 0.6 is 0 Å². The number of carboxylic acids is 1. The Morgan fingerprint density at radius 2 is 2.17 bits per heavy atom. The second-order valence-electron chi connectivity index (χ2n) is 3.56. The van der Waals surface area contributed by atoms with Crippen LogP contribution in [0.25, 0.3) is 0 Å². The molecule has 1 aromatic rings. The van der Waals surface area contributed by atoms with Crippen molar-refractivity contribution in [2.75, 3.05) is 13.7 Å². The van der Waals surface area contributed by atoms with Gasteiger partial charge in [-0.15, -0.1) is 0 Å². The number of benzene rings is 1. The van der Waals surface area contributed by atoms with Gasteiger partial charge in [0.05, 0.1) is 7.11 Å². The fraction of sp³-hybridized carbons (Fsp3) is 0.333. The Hall–Kier alpha value is -2.08. The van der Waals surface area contributed by atoms with Crippen LogP contribution < -0.4 is 10.2 Å². The number of methoxy groups -OCH3 is 1. The molecule has 0 saturated heterocycles. The maximum Gasteiger partial charge on any atom is 0.332 e. The van der Waals surface area contributed by atoms with Gasteiger partial charge < -0.3 is 9.84 Å². The molecule has 98 valence electrons. The second-order valence-corrected chi connectivity index (χ2v) is 3.56. The molecule has 6 heteroatoms. The fourth-order valence-corrected chi connectivity index (χ4v) is 1.32. The third-order valence-electron chi connectivity index (χ3n) is 2.16. The zero-order chi connectivity index (χ0) is 13.4. The van der Waals surface area contributed by atoms with Crippen LogP contribution in [0.4, 0.5) is 0 Å². The zero-order valence-corrected chi connectivity index (χ0v) is 10.0. The number of carbonyl (C=O) groups excluding carboxylic acids is 1. The number of hydrogen-bond acceptors (Lipinski definition) is 4. The summed E-state index contributed by atoms with van der Waals surface area (Å²) in [4.78, 5) is 25.9. The third kappa shape index (κ3) is 5.31. The molecule has 1 rings (SSSR count). The number of hydroxylamine groups is 1. The van der Waals surface area contributed by atoms with Crippen molar-refractivity contribution in [3.63, 3.8) is 0 Å². The van der Waals surface area contributed by atoms with Crippen LogP contribution in [0.1, 0.15) is 12.0 Å². The number of carbonyl (C=O) groups is 2. The van der Waals surface area contributed by atoms with E-state index in [9.17, 15) is 9.59 Å². The van der Waals surface area contributed by atoms with Crippen molar-refractivity contribution < 1.29 is 24.3 Å². The van der Waals surface area contributed by atoms with Gasteiger partial charge in [-0.2, -0.15) is 0 Å². The SMILES string of the molecule is COc1cccc(CCC(=O)NOCC(=O)O)c1. The van der Waals surface area contributed by atoms with Crippen molar-refractivity contribution in [2.24, 2.45) is 0 Å². The van der Waals surface area contributed by atoms with E-state index < -0.39 is 12.6 Å². The van der Waals surface area contributed by atoms with Crippen molar-refractivity contribution in [1.29, 1.82) is 0 Å². The molecule has 0 heterocycles. The fourth-order valence-electron chi connectivity index (χ4n) is 1.32. The molecule has 0 fully saturated rings. The van der Waals surface area contributed by atoms with Crippen LogP contribution in [0.3, 0.4) is 0 Å². The molecule has 0 aliphatic carbocycles. The van der Waals surface area contributed by atoms with Gasteiger partial charge in [-0.3, -0.25) is 9.63 Å². The quantitative estimate of drug-likeness (QED) is 0.701. The molecule has 0 aliphatic rings. The summed E-state index contributed by atoms with van der Waals surface area (Å²) in [7, 11) is 1.57. The number of rotatable bonds is 7. The van der Waals surface area contributed by atoms with Crippen LogP contribution in [-0.2, 0) is 20.8 Å². The van der Waals surface area contributed by atoms with E-state index in [4.69, 9.17) is 9.84 Å². The highest BCUT2D eigenvalue weighted by Crippen LogP contribution is 2.13. The molecule has 1 aromatic carbocycles. The number of aryl methyl sites for hydroxylation is 1. The maximum absolute atomic E-state index is 11.3. The summed E-state index contributed by atoms with van der Waals surface area (Å²) in [5.74, 6) is -0.766. The highest BCUT2D eigenvalue weighted by molar-refractivity contribution is 5.75. The zero-order valence-electron chi connectivity index (χ0n) is 10.0. The first-order chi connectivity index (χ1) is 8.61. The van der Waals surface area contributed by atoms with Crippen LogP contribution in [-0.4, -0.2) is 30.7 Å². The van der Waals surface area contributed by atoms with Crippen molar-refractivity contribution >= 4 is 11.9 Å². The Bertz CT molecular complexity index is 419. The van der Waals surface area contributed by atoms with Crippen LogP contribution in [0, 0.1) is 0 Å². The summed E-state index contributed by atoms with van der Waals surface area (Å²) < 4.78 is 5.06. The van der Waals surface area contributed by atoms with Crippen LogP contribution in [0.2, 0.25) is 0 Å². The van der Waals surface area contributed by atoms with Gasteiger partial charge in [0, 0.05) is 6.42 Å². The number of aliphatic carboxylic acids is 1. The van der Waals surface area contributed by atoms with Gasteiger partial charge in [0.2, 0.25) is 5.91 Å². The van der Waals surface area contributed by atoms with Gasteiger partial charge in [0.1, 0.15) is 5.75 Å². The summed E-state index contributed by atoms with van der Waals surface area (Å²) in [6, 6.07) is 7.38. The number of amides is 1. The molecule has 0 aliphatic heterocycles. The average Bonchev–Trinajstić information content (AvgIpc) is 2.36. The van der Waals surface area contributed by atoms with E-state index in [1.165, 1.54) is 0 Å². The van der Waals surface area contributed by atoms with E-state index in [0.717, 1.165) is 11.3 Å². The predicted molar refractivity (Wildman–Crippen MR) is 63.0 cm³/mol. The van der Waals surface area contributed by atoms with Crippen molar-refractivity contribution in [3.05, 3.63) is 29.8 Å². The molecule has 0 aromatic heterocycles. The monoisotopic (exact) mass is 253 g/mol. The molecule has 0 spiro atoms. The number of hydrogen-bond donors (Lipinski definition) is 2. The van der Waals surface area contributed by atoms with Gasteiger partial charge in [-0.25, -0.2) is 10.3 Å². The summed E-state index contributed by atoms with van der Waals surface area (Å²) >= 11 is 0. The van der Waals surface area contributed by atoms with Gasteiger partial charge in [-0.1, -0.05) is 12.1 Å². The number of nitrogens with one attached hydrogen (secondary N) is 1. The smallest absolute Gasteiger partial charge is 0.332 e. The molecule has 0 saturated carbocycles. The molecular weight excluding hydrogens is 238 g/mol. The highest BCUT2D eigenvalue weighted by Gasteiger charge is 2.04. The molecule has 0 radical (unpaired) electrons. The van der Waals surface area contributed by atoms with E-state index in [0.29, 0.717) is 6.42 Å². The number of carboxylic acid groups (broad SMARTS) is 1. The van der Waals surface area contributed by atoms with E-state index in [2.05, 4.69) is 10.3 Å². The summed E-state index contributed by atoms with van der Waals surface area (Å²) in [6.07, 6.45) is 0.742. The Morgan fingerprint density at radius 1 is 1.39 bits per heavy atom. The summed E-state index contributed by atoms with van der Waals surface area (Å²) in [5.41, 5.74) is 3.02. The molecule has 18 heavy (non-hydrogen) atoms. The first-order valence-corrected chi connectivity index (χ1v) is 5.37. The Kier molecular flexibility index (Phi) is 5.66. The Labute approximate surface area is 104 Å². The minimum absolute atomic E-state index is 0.215. The van der Waals surface area contributed by atoms with Crippen molar-refractivity contribution in [1.82, 2.24) is 5.48 Å². The van der Waals surface area contributed by atoms with Crippen molar-refractivity contribution in [2.45, 2.75) is 12.8 Å². The topological polar surface area (TPSA) is 84.9 Å². The van der Waals surface area contributed by atoms with Gasteiger partial charge in [0.15, 0.2) is 6.61 Å². The molecule has 0 unspecified atom stereocenters. The van der Waals surface area contributed by atoms with E-state index in [-0.39, 0.29) is 12.3 Å². The molecular formula is C12H15NO5. The van der Waals surface area contributed by atoms with Crippen LogP contribution in [0.5, 0.6) is 5.75 Å². The lowest BCUT2D eigenvalue weighted by Crippen LogP contribution is -2.26.